The average Bonchev–Trinajstić information content (AvgIpc) is 3.16. The molecule has 160 valence electrons. The molecule has 0 spiro atoms. The number of carbonyl (C=O) groups is 1. The Morgan fingerprint density at radius 2 is 1.79 bits per heavy atom. The van der Waals surface area contributed by atoms with Gasteiger partial charge in [-0.05, 0) is 24.8 Å². The topological polar surface area (TPSA) is 46.5 Å². The molecule has 1 saturated heterocycles. The molecule has 1 heterocycles. The van der Waals surface area contributed by atoms with Crippen molar-refractivity contribution < 1.29 is 27.9 Å². The van der Waals surface area contributed by atoms with Gasteiger partial charge < -0.3 is 14.3 Å². The highest BCUT2D eigenvalue weighted by Gasteiger charge is 2.55. The fourth-order valence-corrected chi connectivity index (χ4v) is 6.11. The van der Waals surface area contributed by atoms with E-state index in [2.05, 4.69) is 14.1 Å². The summed E-state index contributed by atoms with van der Waals surface area (Å²) < 4.78 is 34.5. The van der Waals surface area contributed by atoms with Gasteiger partial charge in [-0.15, -0.1) is 0 Å². The molecule has 2 unspecified atom stereocenters. The highest BCUT2D eigenvalue weighted by Crippen LogP contribution is 2.48. The van der Waals surface area contributed by atoms with Crippen LogP contribution < -0.4 is 0 Å². The van der Waals surface area contributed by atoms with Gasteiger partial charge in [0.1, 0.15) is 0 Å². The minimum Gasteiger partial charge on any atom is -0.463 e. The van der Waals surface area contributed by atoms with Gasteiger partial charge >= 0.3 is 5.97 Å². The fraction of sp³-hybridized carbons (Fsp3) is 0.696. The predicted octanol–water partition coefficient (Wildman–Crippen LogP) is 3.59. The number of hydrogen-bond acceptors (Lipinski definition) is 3. The zero-order valence-electron chi connectivity index (χ0n) is 17.3. The zero-order valence-corrected chi connectivity index (χ0v) is 17.3. The molecule has 0 aromatic heterocycles. The Morgan fingerprint density at radius 3 is 2.34 bits per heavy atom. The number of quaternary nitrogens is 1. The normalized spacial score (nSPS) is 34.5. The van der Waals surface area contributed by atoms with Gasteiger partial charge in [0.25, 0.3) is 0 Å². The Kier molecular flexibility index (Phi) is 5.23. The van der Waals surface area contributed by atoms with Crippen molar-refractivity contribution in [2.45, 2.75) is 43.6 Å². The fourth-order valence-electron chi connectivity index (χ4n) is 6.11. The summed E-state index contributed by atoms with van der Waals surface area (Å²) in [6.07, 6.45) is 1.60. The Labute approximate surface area is 171 Å². The molecule has 2 bridgehead atoms. The molecule has 0 amide bonds. The summed E-state index contributed by atoms with van der Waals surface area (Å²) in [5, 5.41) is 11.4. The van der Waals surface area contributed by atoms with E-state index in [1.165, 1.54) is 0 Å². The third kappa shape index (κ3) is 3.93. The molecule has 1 aliphatic heterocycles. The number of carbonyl (C=O) groups excluding carboxylic acids is 1. The molecule has 4 nitrogen and oxygen atoms in total. The van der Waals surface area contributed by atoms with Crippen LogP contribution in [0.1, 0.15) is 37.7 Å². The number of rotatable bonds is 5. The van der Waals surface area contributed by atoms with E-state index in [0.29, 0.717) is 23.3 Å². The second-order valence-corrected chi connectivity index (χ2v) is 10.1. The van der Waals surface area contributed by atoms with Gasteiger partial charge in [0.15, 0.2) is 5.60 Å². The van der Waals surface area contributed by atoms with Crippen molar-refractivity contribution in [3.8, 4) is 0 Å². The van der Waals surface area contributed by atoms with Crippen molar-refractivity contribution in [3.05, 3.63) is 35.9 Å². The summed E-state index contributed by atoms with van der Waals surface area (Å²) in [5.74, 6) is -3.14. The van der Waals surface area contributed by atoms with E-state index in [-0.39, 0.29) is 19.4 Å². The summed E-state index contributed by atoms with van der Waals surface area (Å²) in [6.45, 7) is 2.40. The number of nitrogens with zero attached hydrogens (tertiary/aromatic N) is 1. The largest absolute Gasteiger partial charge is 0.463 e. The molecule has 29 heavy (non-hydrogen) atoms. The number of alkyl halides is 2. The number of fused-ring (bicyclic) bond motifs is 2. The first-order valence-electron chi connectivity index (χ1n) is 10.8. The molecule has 4 atom stereocenters. The van der Waals surface area contributed by atoms with Crippen molar-refractivity contribution in [2.24, 2.45) is 23.7 Å². The third-order valence-electron chi connectivity index (χ3n) is 7.50. The van der Waals surface area contributed by atoms with E-state index in [1.54, 1.807) is 30.3 Å². The molecular weight excluding hydrogens is 376 g/mol. The van der Waals surface area contributed by atoms with Crippen LogP contribution in [-0.4, -0.2) is 55.3 Å². The molecule has 4 rings (SSSR count). The Balaban J connectivity index is 1.51. The summed E-state index contributed by atoms with van der Waals surface area (Å²) in [6, 6.07) is 8.45. The van der Waals surface area contributed by atoms with Crippen LogP contribution in [0, 0.1) is 23.7 Å². The minimum atomic E-state index is -2.85. The lowest BCUT2D eigenvalue weighted by Gasteiger charge is -2.42. The number of esters is 1. The summed E-state index contributed by atoms with van der Waals surface area (Å²) >= 11 is 0. The maximum Gasteiger partial charge on any atom is 0.343 e. The van der Waals surface area contributed by atoms with Crippen molar-refractivity contribution in [1.82, 2.24) is 0 Å². The quantitative estimate of drug-likeness (QED) is 0.598. The number of piperidine rings is 1. The molecule has 1 N–H and O–H groups in total. The summed E-state index contributed by atoms with van der Waals surface area (Å²) in [7, 11) is 4.48. The second-order valence-electron chi connectivity index (χ2n) is 10.1. The molecule has 1 aromatic rings. The molecule has 2 saturated carbocycles. The van der Waals surface area contributed by atoms with Crippen LogP contribution in [0.5, 0.6) is 0 Å². The van der Waals surface area contributed by atoms with Gasteiger partial charge in [-0.3, -0.25) is 0 Å². The SMILES string of the molecule is C[N+]1(C)CC2CCC(C1)C2COC(=O)[C@](O)(c1ccccc1)[C@@H]1CCC(F)(F)C1. The highest BCUT2D eigenvalue weighted by atomic mass is 19.3. The van der Waals surface area contributed by atoms with Gasteiger partial charge in [0.2, 0.25) is 5.92 Å². The molecule has 3 aliphatic rings. The molecular formula is C23H32F2NO3+. The van der Waals surface area contributed by atoms with Crippen LogP contribution >= 0.6 is 0 Å². The number of halogens is 2. The zero-order chi connectivity index (χ0) is 20.9. The van der Waals surface area contributed by atoms with Crippen LogP contribution in [0.2, 0.25) is 0 Å². The first-order chi connectivity index (χ1) is 13.6. The predicted molar refractivity (Wildman–Crippen MR) is 105 cm³/mol. The Bertz CT molecular complexity index is 738. The van der Waals surface area contributed by atoms with Gasteiger partial charge in [-0.2, -0.15) is 0 Å². The monoisotopic (exact) mass is 408 g/mol. The van der Waals surface area contributed by atoms with Gasteiger partial charge in [-0.25, -0.2) is 13.6 Å². The molecule has 0 radical (unpaired) electrons. The Hall–Kier alpha value is -1.53. The molecule has 3 fully saturated rings. The second kappa shape index (κ2) is 7.31. The number of aliphatic hydroxyl groups is 1. The van der Waals surface area contributed by atoms with Gasteiger partial charge in [-0.1, -0.05) is 30.3 Å². The van der Waals surface area contributed by atoms with Crippen molar-refractivity contribution in [1.29, 1.82) is 0 Å². The molecule has 1 aromatic carbocycles. The summed E-state index contributed by atoms with van der Waals surface area (Å²) in [5.41, 5.74) is -1.68. The lowest BCUT2D eigenvalue weighted by atomic mass is 9.80. The highest BCUT2D eigenvalue weighted by molar-refractivity contribution is 5.81. The number of ether oxygens (including phenoxy) is 1. The van der Waals surface area contributed by atoms with E-state index in [4.69, 9.17) is 4.74 Å². The van der Waals surface area contributed by atoms with Gasteiger partial charge in [0.05, 0.1) is 33.8 Å². The first kappa shape index (κ1) is 20.7. The van der Waals surface area contributed by atoms with E-state index in [9.17, 15) is 18.7 Å². The van der Waals surface area contributed by atoms with Crippen LogP contribution in [-0.2, 0) is 15.1 Å². The lowest BCUT2D eigenvalue weighted by molar-refractivity contribution is -0.902. The van der Waals surface area contributed by atoms with Crippen LogP contribution in [0.3, 0.4) is 0 Å². The van der Waals surface area contributed by atoms with Crippen molar-refractivity contribution >= 4 is 5.97 Å². The van der Waals surface area contributed by atoms with E-state index >= 15 is 0 Å². The number of likely N-dealkylation sites (tertiary alicyclic amines) is 1. The van der Waals surface area contributed by atoms with E-state index in [1.807, 2.05) is 0 Å². The third-order valence-corrected chi connectivity index (χ3v) is 7.50. The van der Waals surface area contributed by atoms with E-state index in [0.717, 1.165) is 30.4 Å². The standard InChI is InChI=1S/C23H32F2NO3/c1-26(2)13-16-8-9-17(14-26)20(16)15-29-21(27)23(28,18-6-4-3-5-7-18)19-10-11-22(24,25)12-19/h3-7,16-17,19-20,28H,8-15H2,1-2H3/q+1/t16?,17?,19-,20?,23+/m1/s1. The smallest absolute Gasteiger partial charge is 0.343 e. The van der Waals surface area contributed by atoms with Crippen LogP contribution in [0.4, 0.5) is 8.78 Å². The molecule has 6 heteroatoms. The lowest BCUT2D eigenvalue weighted by Crippen LogP contribution is -2.53. The average molecular weight is 409 g/mol. The van der Waals surface area contributed by atoms with Crippen LogP contribution in [0.25, 0.3) is 0 Å². The van der Waals surface area contributed by atoms with Crippen molar-refractivity contribution in [3.63, 3.8) is 0 Å². The van der Waals surface area contributed by atoms with E-state index < -0.39 is 29.8 Å². The molecule has 2 aliphatic carbocycles. The maximum absolute atomic E-state index is 13.9. The minimum absolute atomic E-state index is 0.105. The Morgan fingerprint density at radius 1 is 1.17 bits per heavy atom. The van der Waals surface area contributed by atoms with Crippen molar-refractivity contribution in [2.75, 3.05) is 33.8 Å². The maximum atomic E-state index is 13.9. The number of benzene rings is 1. The first-order valence-corrected chi connectivity index (χ1v) is 10.8. The van der Waals surface area contributed by atoms with Gasteiger partial charge in [0, 0.05) is 36.5 Å². The number of hydrogen-bond donors (Lipinski definition) is 1. The summed E-state index contributed by atoms with van der Waals surface area (Å²) in [4.78, 5) is 13.1. The van der Waals surface area contributed by atoms with Crippen LogP contribution in [0.15, 0.2) is 30.3 Å².